The lowest BCUT2D eigenvalue weighted by atomic mass is 9.80. The minimum absolute atomic E-state index is 0.0381. The van der Waals surface area contributed by atoms with Gasteiger partial charge in [-0.3, -0.25) is 4.90 Å². The van der Waals surface area contributed by atoms with E-state index in [2.05, 4.69) is 0 Å². The Bertz CT molecular complexity index is 930. The fourth-order valence-electron chi connectivity index (χ4n) is 4.49. The number of piperidine rings is 1. The number of alkyl halides is 6. The average molecular weight is 455 g/mol. The summed E-state index contributed by atoms with van der Waals surface area (Å²) in [6, 6.07) is 12.5. The maximum Gasteiger partial charge on any atom is 0.416 e. The molecule has 2 aromatic rings. The first kappa shape index (κ1) is 22.7. The van der Waals surface area contributed by atoms with Crippen LogP contribution in [0.2, 0.25) is 0 Å². The first-order valence-electron chi connectivity index (χ1n) is 10.6. The van der Waals surface area contributed by atoms with Crippen LogP contribution in [0, 0.1) is 5.92 Å². The molecule has 2 aromatic carbocycles. The molecule has 0 aliphatic carbocycles. The number of benzene rings is 2. The Morgan fingerprint density at radius 2 is 1.41 bits per heavy atom. The van der Waals surface area contributed by atoms with E-state index in [-0.39, 0.29) is 11.3 Å². The third-order valence-electron chi connectivity index (χ3n) is 6.08. The van der Waals surface area contributed by atoms with E-state index < -0.39 is 36.0 Å². The van der Waals surface area contributed by atoms with E-state index in [1.54, 1.807) is 30.3 Å². The monoisotopic (exact) mass is 455 g/mol. The van der Waals surface area contributed by atoms with Crippen LogP contribution in [0.15, 0.2) is 60.7 Å². The highest BCUT2D eigenvalue weighted by atomic mass is 19.4. The van der Waals surface area contributed by atoms with Crippen LogP contribution < -0.4 is 0 Å². The lowest BCUT2D eigenvalue weighted by molar-refractivity contribution is -0.187. The highest BCUT2D eigenvalue weighted by Gasteiger charge is 2.51. The number of ether oxygens (including phenoxy) is 1. The van der Waals surface area contributed by atoms with Gasteiger partial charge in [0.2, 0.25) is 0 Å². The molecular formula is C24H23F6NO. The van der Waals surface area contributed by atoms with Gasteiger partial charge < -0.3 is 4.74 Å². The predicted octanol–water partition coefficient (Wildman–Crippen LogP) is 6.85. The zero-order chi connectivity index (χ0) is 22.9. The van der Waals surface area contributed by atoms with Gasteiger partial charge in [0.05, 0.1) is 17.4 Å². The third kappa shape index (κ3) is 4.80. The number of hydrogen-bond donors (Lipinski definition) is 0. The molecule has 2 aliphatic heterocycles. The van der Waals surface area contributed by atoms with Gasteiger partial charge in [-0.2, -0.15) is 26.3 Å². The summed E-state index contributed by atoms with van der Waals surface area (Å²) in [6.07, 6.45) is -6.20. The molecule has 0 saturated carbocycles. The van der Waals surface area contributed by atoms with Gasteiger partial charge in [0, 0.05) is 18.7 Å². The van der Waals surface area contributed by atoms with Gasteiger partial charge in [-0.25, -0.2) is 0 Å². The van der Waals surface area contributed by atoms with Gasteiger partial charge >= 0.3 is 12.4 Å². The Hall–Kier alpha value is -2.48. The maximum atomic E-state index is 14.3. The van der Waals surface area contributed by atoms with E-state index in [0.29, 0.717) is 18.7 Å². The Balaban J connectivity index is 1.77. The number of nitrogens with zero attached hydrogens (tertiary/aromatic N) is 1. The average Bonchev–Trinajstić information content (AvgIpc) is 2.78. The Morgan fingerprint density at radius 3 is 1.97 bits per heavy atom. The van der Waals surface area contributed by atoms with Gasteiger partial charge in [-0.05, 0) is 36.6 Å². The van der Waals surface area contributed by atoms with Crippen LogP contribution >= 0.6 is 0 Å². The second-order valence-electron chi connectivity index (χ2n) is 8.21. The lowest BCUT2D eigenvalue weighted by Crippen LogP contribution is -2.50. The highest BCUT2D eigenvalue weighted by Crippen LogP contribution is 2.48. The molecular weight excluding hydrogens is 432 g/mol. The largest absolute Gasteiger partial charge is 0.474 e. The van der Waals surface area contributed by atoms with Gasteiger partial charge in [0.15, 0.2) is 6.23 Å². The summed E-state index contributed by atoms with van der Waals surface area (Å²) in [4.78, 5) is 1.93. The minimum Gasteiger partial charge on any atom is -0.474 e. The molecule has 1 fully saturated rings. The summed E-state index contributed by atoms with van der Waals surface area (Å²) >= 11 is 0. The van der Waals surface area contributed by atoms with Crippen molar-refractivity contribution in [3.8, 4) is 0 Å². The smallest absolute Gasteiger partial charge is 0.416 e. The van der Waals surface area contributed by atoms with E-state index in [9.17, 15) is 26.3 Å². The summed E-state index contributed by atoms with van der Waals surface area (Å²) in [5.41, 5.74) is -0.145. The van der Waals surface area contributed by atoms with Crippen LogP contribution in [-0.4, -0.2) is 30.4 Å². The van der Waals surface area contributed by atoms with Crippen molar-refractivity contribution in [2.24, 2.45) is 5.92 Å². The fourth-order valence-corrected chi connectivity index (χ4v) is 4.49. The zero-order valence-corrected chi connectivity index (χ0v) is 17.2. The Morgan fingerprint density at radius 1 is 0.781 bits per heavy atom. The van der Waals surface area contributed by atoms with E-state index >= 15 is 0 Å². The molecule has 2 heterocycles. The Kier molecular flexibility index (Phi) is 6.25. The molecule has 0 unspecified atom stereocenters. The molecule has 2 aliphatic rings. The van der Waals surface area contributed by atoms with Crippen molar-refractivity contribution in [1.29, 1.82) is 0 Å². The summed E-state index contributed by atoms with van der Waals surface area (Å²) in [6.45, 7) is 1.22. The summed E-state index contributed by atoms with van der Waals surface area (Å²) in [5, 5.41) is 0. The van der Waals surface area contributed by atoms with Crippen molar-refractivity contribution in [2.75, 3.05) is 13.1 Å². The molecule has 8 heteroatoms. The molecule has 0 amide bonds. The highest BCUT2D eigenvalue weighted by molar-refractivity contribution is 5.62. The lowest BCUT2D eigenvalue weighted by Gasteiger charge is -2.45. The van der Waals surface area contributed by atoms with Crippen molar-refractivity contribution >= 4 is 5.76 Å². The molecule has 4 rings (SSSR count). The number of rotatable bonds is 3. The van der Waals surface area contributed by atoms with Gasteiger partial charge in [0.25, 0.3) is 0 Å². The van der Waals surface area contributed by atoms with Crippen LogP contribution in [0.4, 0.5) is 26.3 Å². The zero-order valence-electron chi connectivity index (χ0n) is 17.2. The third-order valence-corrected chi connectivity index (χ3v) is 6.08. The molecule has 0 spiro atoms. The second kappa shape index (κ2) is 8.81. The number of likely N-dealkylation sites (tertiary alicyclic amines) is 1. The molecule has 0 bridgehead atoms. The predicted molar refractivity (Wildman–Crippen MR) is 108 cm³/mol. The van der Waals surface area contributed by atoms with Crippen molar-refractivity contribution in [3.05, 3.63) is 77.4 Å². The van der Waals surface area contributed by atoms with Crippen molar-refractivity contribution in [2.45, 2.75) is 43.8 Å². The molecule has 0 aromatic heterocycles. The molecule has 0 N–H and O–H groups in total. The SMILES string of the molecule is FC(F)(F)c1ccc(C2=C[C@@H](C(F)(F)F)[C@H](c3ccccc3)[C@@H](N3CCCCC3)O2)cc1. The number of allylic oxidation sites excluding steroid dienone is 1. The number of hydrogen-bond acceptors (Lipinski definition) is 2. The first-order chi connectivity index (χ1) is 15.1. The minimum atomic E-state index is -4.55. The molecule has 32 heavy (non-hydrogen) atoms. The van der Waals surface area contributed by atoms with Gasteiger partial charge in [-0.1, -0.05) is 48.9 Å². The topological polar surface area (TPSA) is 12.5 Å². The second-order valence-corrected chi connectivity index (χ2v) is 8.21. The van der Waals surface area contributed by atoms with Crippen molar-refractivity contribution in [3.63, 3.8) is 0 Å². The van der Waals surface area contributed by atoms with Crippen molar-refractivity contribution < 1.29 is 31.1 Å². The fraction of sp³-hybridized carbons (Fsp3) is 0.417. The molecule has 2 nitrogen and oxygen atoms in total. The van der Waals surface area contributed by atoms with Gasteiger partial charge in [0.1, 0.15) is 5.76 Å². The van der Waals surface area contributed by atoms with Crippen LogP contribution in [-0.2, 0) is 10.9 Å². The quantitative estimate of drug-likeness (QED) is 0.470. The molecule has 1 saturated heterocycles. The van der Waals surface area contributed by atoms with Crippen LogP contribution in [0.5, 0.6) is 0 Å². The van der Waals surface area contributed by atoms with Crippen LogP contribution in [0.3, 0.4) is 0 Å². The number of halogens is 6. The van der Waals surface area contributed by atoms with E-state index in [1.807, 2.05) is 4.90 Å². The normalized spacial score (nSPS) is 25.2. The van der Waals surface area contributed by atoms with E-state index in [4.69, 9.17) is 4.74 Å². The van der Waals surface area contributed by atoms with E-state index in [1.165, 1.54) is 0 Å². The molecule has 3 atom stereocenters. The first-order valence-corrected chi connectivity index (χ1v) is 10.6. The van der Waals surface area contributed by atoms with Crippen LogP contribution in [0.1, 0.15) is 41.9 Å². The molecule has 172 valence electrons. The van der Waals surface area contributed by atoms with E-state index in [0.717, 1.165) is 49.6 Å². The van der Waals surface area contributed by atoms with Crippen molar-refractivity contribution in [1.82, 2.24) is 4.90 Å². The summed E-state index contributed by atoms with van der Waals surface area (Å²) in [7, 11) is 0. The molecule has 0 radical (unpaired) electrons. The van der Waals surface area contributed by atoms with Gasteiger partial charge in [-0.15, -0.1) is 0 Å². The summed E-state index contributed by atoms with van der Waals surface area (Å²) in [5.74, 6) is -2.85. The Labute approximate surface area is 182 Å². The van der Waals surface area contributed by atoms with Crippen LogP contribution in [0.25, 0.3) is 5.76 Å². The standard InChI is InChI=1S/C24H23F6NO/c25-23(26,27)18-11-9-16(10-12-18)20-15-19(24(28,29)30)21(17-7-3-1-4-8-17)22(32-20)31-13-5-2-6-14-31/h1,3-4,7-12,15,19,21-22H,2,5-6,13-14H2/t19-,21+,22+/m1/s1. The summed E-state index contributed by atoms with van der Waals surface area (Å²) < 4.78 is 87.7. The maximum absolute atomic E-state index is 14.3.